The maximum atomic E-state index is 13.9. The fourth-order valence-electron chi connectivity index (χ4n) is 6.92. The first-order valence-electron chi connectivity index (χ1n) is 19.5. The van der Waals surface area contributed by atoms with Crippen LogP contribution in [0.3, 0.4) is 0 Å². The molecule has 1 aliphatic carbocycles. The lowest BCUT2D eigenvalue weighted by Crippen LogP contribution is -2.49. The highest BCUT2D eigenvalue weighted by Crippen LogP contribution is 2.35. The molecule has 3 aromatic rings. The minimum Gasteiger partial charge on any atom is -0.354 e. The number of allylic oxidation sites excluding steroid dienone is 12. The van der Waals surface area contributed by atoms with Crippen molar-refractivity contribution < 1.29 is 14.4 Å². The Hall–Kier alpha value is -5.51. The lowest BCUT2D eigenvalue weighted by molar-refractivity contribution is -0.127. The van der Waals surface area contributed by atoms with Crippen molar-refractivity contribution in [2.75, 3.05) is 5.32 Å². The number of nitrogens with zero attached hydrogens (tertiary/aromatic N) is 3. The average molecular weight is 730 g/mol. The van der Waals surface area contributed by atoms with Crippen molar-refractivity contribution in [3.8, 4) is 11.3 Å². The second kappa shape index (κ2) is 21.3. The van der Waals surface area contributed by atoms with Gasteiger partial charge in [-0.15, -0.1) is 0 Å². The van der Waals surface area contributed by atoms with Crippen molar-refractivity contribution in [3.63, 3.8) is 0 Å². The highest BCUT2D eigenvalue weighted by atomic mass is 16.2. The second-order valence-corrected chi connectivity index (χ2v) is 13.8. The van der Waals surface area contributed by atoms with E-state index >= 15 is 0 Å². The molecule has 5 rings (SSSR count). The molecule has 0 unspecified atom stereocenters. The Bertz CT molecular complexity index is 1930. The van der Waals surface area contributed by atoms with Gasteiger partial charge in [0.05, 0.1) is 23.7 Å². The summed E-state index contributed by atoms with van der Waals surface area (Å²) in [6.45, 7) is 2.15. The molecule has 1 atom stereocenters. The molecule has 2 aliphatic rings. The number of hydrogen-bond donors (Lipinski definition) is 4. The molecule has 0 saturated heterocycles. The summed E-state index contributed by atoms with van der Waals surface area (Å²) >= 11 is 0. The normalized spacial score (nSPS) is 15.9. The van der Waals surface area contributed by atoms with E-state index in [1.54, 1.807) is 23.2 Å². The minimum atomic E-state index is -0.666. The van der Waals surface area contributed by atoms with Crippen LogP contribution in [0.4, 0.5) is 5.69 Å². The summed E-state index contributed by atoms with van der Waals surface area (Å²) < 4.78 is 1.71. The van der Waals surface area contributed by atoms with Crippen LogP contribution in [0.15, 0.2) is 103 Å². The van der Waals surface area contributed by atoms with Gasteiger partial charge in [0.2, 0.25) is 11.8 Å². The van der Waals surface area contributed by atoms with E-state index in [0.29, 0.717) is 29.6 Å². The predicted molar refractivity (Wildman–Crippen MR) is 220 cm³/mol. The molecular formula is C44H55N7O3. The van der Waals surface area contributed by atoms with Crippen LogP contribution in [0.1, 0.15) is 106 Å². The second-order valence-electron chi connectivity index (χ2n) is 13.8. The number of rotatable bonds is 19. The van der Waals surface area contributed by atoms with Gasteiger partial charge in [0.25, 0.3) is 5.91 Å². The Morgan fingerprint density at radius 3 is 2.13 bits per heavy atom. The van der Waals surface area contributed by atoms with Crippen LogP contribution < -0.4 is 16.1 Å². The first-order chi connectivity index (χ1) is 26.4. The molecule has 0 spiro atoms. The number of anilines is 1. The monoisotopic (exact) mass is 729 g/mol. The minimum absolute atomic E-state index is 0.0461. The molecule has 1 saturated carbocycles. The fraction of sp³-hybridized carbons (Fsp3) is 0.386. The third-order valence-electron chi connectivity index (χ3n) is 9.66. The largest absolute Gasteiger partial charge is 0.354 e. The summed E-state index contributed by atoms with van der Waals surface area (Å²) in [5, 5.41) is 15.2. The van der Waals surface area contributed by atoms with Gasteiger partial charge in [0.1, 0.15) is 6.04 Å². The lowest BCUT2D eigenvalue weighted by atomic mass is 9.83. The van der Waals surface area contributed by atoms with Crippen LogP contribution >= 0.6 is 0 Å². The smallest absolute Gasteiger partial charge is 0.272 e. The van der Waals surface area contributed by atoms with Crippen LogP contribution in [-0.4, -0.2) is 44.7 Å². The van der Waals surface area contributed by atoms with Crippen molar-refractivity contribution >= 4 is 40.5 Å². The molecule has 0 bridgehead atoms. The highest BCUT2D eigenvalue weighted by Gasteiger charge is 2.31. The van der Waals surface area contributed by atoms with E-state index in [9.17, 15) is 14.4 Å². The van der Waals surface area contributed by atoms with Gasteiger partial charge in [-0.25, -0.2) is 5.43 Å². The van der Waals surface area contributed by atoms with Crippen LogP contribution in [0.2, 0.25) is 0 Å². The molecular weight excluding hydrogens is 675 g/mol. The van der Waals surface area contributed by atoms with E-state index in [1.165, 1.54) is 0 Å². The zero-order chi connectivity index (χ0) is 38.0. The van der Waals surface area contributed by atoms with Crippen molar-refractivity contribution in [2.45, 2.75) is 96.4 Å². The number of amides is 3. The van der Waals surface area contributed by atoms with Gasteiger partial charge >= 0.3 is 0 Å². The van der Waals surface area contributed by atoms with Gasteiger partial charge in [0, 0.05) is 47.4 Å². The quantitative estimate of drug-likeness (QED) is 0.0916. The van der Waals surface area contributed by atoms with Gasteiger partial charge in [-0.2, -0.15) is 10.2 Å². The number of aryl methyl sites for hydroxylation is 1. The average Bonchev–Trinajstić information content (AvgIpc) is 3.72. The summed E-state index contributed by atoms with van der Waals surface area (Å²) in [6, 6.07) is 2.84. The van der Waals surface area contributed by atoms with Crippen LogP contribution in [0, 0.1) is 5.92 Å². The summed E-state index contributed by atoms with van der Waals surface area (Å²) in [4.78, 5) is 43.5. The fourth-order valence-corrected chi connectivity index (χ4v) is 6.92. The number of nitrogens with one attached hydrogen (secondary N) is 4. The molecule has 284 valence electrons. The first-order valence-corrected chi connectivity index (χ1v) is 19.5. The van der Waals surface area contributed by atoms with E-state index in [4.69, 9.17) is 0 Å². The third-order valence-corrected chi connectivity index (χ3v) is 9.66. The van der Waals surface area contributed by atoms with Crippen LogP contribution in [0.5, 0.6) is 0 Å². The predicted octanol–water partition coefficient (Wildman–Crippen LogP) is 9.13. The Morgan fingerprint density at radius 2 is 1.52 bits per heavy atom. The topological polar surface area (TPSA) is 133 Å². The van der Waals surface area contributed by atoms with Gasteiger partial charge in [-0.3, -0.25) is 19.1 Å². The molecule has 10 heteroatoms. The summed E-state index contributed by atoms with van der Waals surface area (Å²) in [6.07, 6.45) is 42.8. The molecule has 2 aromatic heterocycles. The van der Waals surface area contributed by atoms with E-state index in [2.05, 4.69) is 105 Å². The first kappa shape index (κ1) is 39.7. The number of carbonyl (C=O) groups excluding carboxylic acids is 3. The van der Waals surface area contributed by atoms with Crippen LogP contribution in [0.25, 0.3) is 22.2 Å². The third kappa shape index (κ3) is 11.7. The highest BCUT2D eigenvalue weighted by molar-refractivity contribution is 6.18. The Morgan fingerprint density at radius 1 is 0.889 bits per heavy atom. The van der Waals surface area contributed by atoms with Crippen molar-refractivity contribution in [1.29, 1.82) is 0 Å². The number of aromatic nitrogens is 3. The maximum absolute atomic E-state index is 13.9. The van der Waals surface area contributed by atoms with Gasteiger partial charge in [-0.05, 0) is 75.8 Å². The molecule has 1 aromatic carbocycles. The molecule has 10 nitrogen and oxygen atoms in total. The van der Waals surface area contributed by atoms with E-state index in [0.717, 1.165) is 92.8 Å². The Labute approximate surface area is 319 Å². The summed E-state index contributed by atoms with van der Waals surface area (Å²) in [5.41, 5.74) is 6.53. The molecule has 4 N–H and O–H groups in total. The zero-order valence-corrected chi connectivity index (χ0v) is 31.7. The maximum Gasteiger partial charge on any atom is 0.272 e. The number of H-pyrrole nitrogens is 1. The number of hydrogen-bond acceptors (Lipinski definition) is 5. The summed E-state index contributed by atoms with van der Waals surface area (Å²) in [5.74, 6) is -0.742. The number of benzene rings is 1. The van der Waals surface area contributed by atoms with E-state index < -0.39 is 6.04 Å². The molecule has 0 radical (unpaired) electrons. The molecule has 54 heavy (non-hydrogen) atoms. The number of hydrazone groups is 1. The van der Waals surface area contributed by atoms with Gasteiger partial charge in [-0.1, -0.05) is 99.1 Å². The molecule has 1 fully saturated rings. The number of carbonyl (C=O) groups is 3. The van der Waals surface area contributed by atoms with Crippen LogP contribution in [-0.2, 0) is 16.6 Å². The standard InChI is InChI=1S/C44H55N7O3/c1-3-4-5-6-7-8-9-10-11-12-13-14-15-16-17-18-19-20-24-27-39(52)49-42(33-25-22-21-23-26-33)44(54)47-35-28-36-40-37(31-45-50-43(36)53)41(48-38(40)29-35)34-30-46-51(2)32-34/h4-5,7-8,10-11,13-14,16-17,19-20,28-33,42,48H,3,6,9,12,15,18,21-27H2,1-2H3,(H,47,54)(H,49,52)(H,50,53)/b5-4-,8-7-,11-10-,14-13-,17-16-,20-19-/t42-/m1/s1. The molecule has 1 aliphatic heterocycles. The van der Waals surface area contributed by atoms with Crippen molar-refractivity contribution in [1.82, 2.24) is 25.5 Å². The van der Waals surface area contributed by atoms with E-state index in [1.807, 2.05) is 25.4 Å². The SMILES string of the molecule is CC/C=C\C/C=C\C/C=C\C/C=C\C/C=C\C/C=C\CCC(=O)N[C@@H](C(=O)Nc1cc2c3c(c(-c4cnn(C)c4)[nH]c3c1)C=NNC2=O)C1CCCCC1. The molecule has 3 heterocycles. The van der Waals surface area contributed by atoms with Gasteiger partial charge in [0.15, 0.2) is 0 Å². The van der Waals surface area contributed by atoms with Gasteiger partial charge < -0.3 is 15.6 Å². The Balaban J connectivity index is 1.10. The van der Waals surface area contributed by atoms with Crippen molar-refractivity contribution in [3.05, 3.63) is 109 Å². The van der Waals surface area contributed by atoms with E-state index in [-0.39, 0.29) is 23.6 Å². The Kier molecular flexibility index (Phi) is 15.6. The van der Waals surface area contributed by atoms with Crippen molar-refractivity contribution in [2.24, 2.45) is 18.1 Å². The lowest BCUT2D eigenvalue weighted by Gasteiger charge is -2.30. The summed E-state index contributed by atoms with van der Waals surface area (Å²) in [7, 11) is 1.84. The number of aromatic amines is 1. The molecule has 3 amide bonds. The zero-order valence-electron chi connectivity index (χ0n) is 31.7.